The van der Waals surface area contributed by atoms with Crippen molar-refractivity contribution in [3.63, 3.8) is 0 Å². The number of rotatable bonds is 4. The first-order chi connectivity index (χ1) is 14.2. The Balaban J connectivity index is 1.54. The van der Waals surface area contributed by atoms with Gasteiger partial charge in [0.05, 0.1) is 12.9 Å². The minimum absolute atomic E-state index is 0.399. The fourth-order valence-electron chi connectivity index (χ4n) is 3.70. The molecule has 1 fully saturated rings. The largest absolute Gasteiger partial charge is 0.394 e. The first-order valence-electron chi connectivity index (χ1n) is 9.22. The van der Waals surface area contributed by atoms with E-state index in [2.05, 4.69) is 20.3 Å². The predicted molar refractivity (Wildman–Crippen MR) is 106 cm³/mol. The molecule has 9 heteroatoms. The molecule has 5 rings (SSSR count). The number of aromatic nitrogens is 4. The van der Waals surface area contributed by atoms with E-state index >= 15 is 0 Å². The molecular weight excluding hydrogens is 374 g/mol. The predicted octanol–water partition coefficient (Wildman–Crippen LogP) is 1.33. The molecule has 2 unspecified atom stereocenters. The smallest absolute Gasteiger partial charge is 0.167 e. The first-order valence-corrected chi connectivity index (χ1v) is 9.22. The van der Waals surface area contributed by atoms with Crippen LogP contribution in [0.15, 0.2) is 55.1 Å². The lowest BCUT2D eigenvalue weighted by Gasteiger charge is -2.16. The Kier molecular flexibility index (Phi) is 4.36. The zero-order valence-corrected chi connectivity index (χ0v) is 15.3. The van der Waals surface area contributed by atoms with Crippen LogP contribution in [0.3, 0.4) is 0 Å². The van der Waals surface area contributed by atoms with Crippen molar-refractivity contribution >= 4 is 33.4 Å². The van der Waals surface area contributed by atoms with Crippen molar-refractivity contribution in [3.8, 4) is 0 Å². The number of benzene rings is 2. The summed E-state index contributed by atoms with van der Waals surface area (Å²) < 4.78 is 7.13. The monoisotopic (exact) mass is 393 g/mol. The van der Waals surface area contributed by atoms with Crippen LogP contribution in [0.25, 0.3) is 21.9 Å². The molecule has 4 atom stereocenters. The van der Waals surface area contributed by atoms with Crippen molar-refractivity contribution < 1.29 is 20.1 Å². The number of hydrogen-bond donors (Lipinski definition) is 4. The van der Waals surface area contributed by atoms with Crippen LogP contribution in [0.5, 0.6) is 0 Å². The van der Waals surface area contributed by atoms with Crippen molar-refractivity contribution in [3.05, 3.63) is 55.1 Å². The number of aliphatic hydroxyl groups excluding tert-OH is 3. The van der Waals surface area contributed by atoms with Crippen molar-refractivity contribution in [1.82, 2.24) is 19.5 Å². The summed E-state index contributed by atoms with van der Waals surface area (Å²) in [6.45, 7) is -0.399. The van der Waals surface area contributed by atoms with Gasteiger partial charge in [-0.15, -0.1) is 0 Å². The van der Waals surface area contributed by atoms with Crippen molar-refractivity contribution in [1.29, 1.82) is 0 Å². The normalized spacial score (nSPS) is 24.4. The molecule has 4 N–H and O–H groups in total. The van der Waals surface area contributed by atoms with Crippen molar-refractivity contribution in [2.45, 2.75) is 24.5 Å². The highest BCUT2D eigenvalue weighted by molar-refractivity contribution is 5.97. The Morgan fingerprint density at radius 1 is 1.00 bits per heavy atom. The van der Waals surface area contributed by atoms with Gasteiger partial charge in [0.15, 0.2) is 23.2 Å². The van der Waals surface area contributed by atoms with Gasteiger partial charge in [-0.1, -0.05) is 36.4 Å². The zero-order chi connectivity index (χ0) is 20.0. The Morgan fingerprint density at radius 3 is 2.66 bits per heavy atom. The van der Waals surface area contributed by atoms with Gasteiger partial charge in [-0.3, -0.25) is 4.57 Å². The maximum absolute atomic E-state index is 10.3. The van der Waals surface area contributed by atoms with E-state index in [9.17, 15) is 15.3 Å². The van der Waals surface area contributed by atoms with Gasteiger partial charge in [0.25, 0.3) is 0 Å². The van der Waals surface area contributed by atoms with E-state index in [-0.39, 0.29) is 0 Å². The number of nitrogens with zero attached hydrogens (tertiary/aromatic N) is 4. The minimum atomic E-state index is -1.21. The summed E-state index contributed by atoms with van der Waals surface area (Å²) in [5.74, 6) is 0.511. The maximum Gasteiger partial charge on any atom is 0.167 e. The Bertz CT molecular complexity index is 1170. The van der Waals surface area contributed by atoms with Crippen LogP contribution in [0.1, 0.15) is 6.23 Å². The van der Waals surface area contributed by atoms with E-state index in [1.165, 1.54) is 17.2 Å². The lowest BCUT2D eigenvalue weighted by atomic mass is 10.1. The van der Waals surface area contributed by atoms with E-state index in [4.69, 9.17) is 4.74 Å². The molecule has 0 spiro atoms. The first kappa shape index (κ1) is 18.0. The molecule has 2 aromatic carbocycles. The van der Waals surface area contributed by atoms with E-state index < -0.39 is 31.1 Å². The minimum Gasteiger partial charge on any atom is -0.394 e. The van der Waals surface area contributed by atoms with Crippen molar-refractivity contribution in [2.24, 2.45) is 0 Å². The molecule has 0 aliphatic carbocycles. The number of nitrogens with one attached hydrogen (secondary N) is 1. The van der Waals surface area contributed by atoms with Crippen LogP contribution in [-0.4, -0.2) is 59.8 Å². The molecular formula is C20H19N5O4. The van der Waals surface area contributed by atoms with E-state index in [0.717, 1.165) is 16.5 Å². The molecule has 0 amide bonds. The summed E-state index contributed by atoms with van der Waals surface area (Å²) in [5.41, 5.74) is 1.82. The van der Waals surface area contributed by atoms with E-state index in [0.29, 0.717) is 17.0 Å². The van der Waals surface area contributed by atoms with Crippen LogP contribution in [-0.2, 0) is 4.74 Å². The summed E-state index contributed by atoms with van der Waals surface area (Å²) >= 11 is 0. The summed E-state index contributed by atoms with van der Waals surface area (Å²) in [6, 6.07) is 14.0. The zero-order valence-electron chi connectivity index (χ0n) is 15.3. The molecule has 1 aliphatic heterocycles. The second-order valence-electron chi connectivity index (χ2n) is 6.93. The van der Waals surface area contributed by atoms with Crippen LogP contribution in [0.4, 0.5) is 11.5 Å². The molecule has 3 heterocycles. The van der Waals surface area contributed by atoms with Crippen LogP contribution < -0.4 is 5.32 Å². The molecule has 0 saturated carbocycles. The third-order valence-electron chi connectivity index (χ3n) is 5.19. The molecule has 0 bridgehead atoms. The quantitative estimate of drug-likeness (QED) is 0.409. The highest BCUT2D eigenvalue weighted by Crippen LogP contribution is 2.33. The molecule has 29 heavy (non-hydrogen) atoms. The summed E-state index contributed by atoms with van der Waals surface area (Å²) in [6.07, 6.45) is -1.31. The molecule has 148 valence electrons. The lowest BCUT2D eigenvalue weighted by molar-refractivity contribution is -0.0511. The Morgan fingerprint density at radius 2 is 1.83 bits per heavy atom. The highest BCUT2D eigenvalue weighted by Gasteiger charge is 2.44. The molecule has 1 saturated heterocycles. The fraction of sp³-hybridized carbons (Fsp3) is 0.250. The van der Waals surface area contributed by atoms with Crippen molar-refractivity contribution in [2.75, 3.05) is 11.9 Å². The van der Waals surface area contributed by atoms with Gasteiger partial charge in [-0.05, 0) is 11.5 Å². The molecule has 0 radical (unpaired) electrons. The number of hydrogen-bond acceptors (Lipinski definition) is 8. The fourth-order valence-corrected chi connectivity index (χ4v) is 3.70. The van der Waals surface area contributed by atoms with Gasteiger partial charge in [0.1, 0.15) is 24.6 Å². The van der Waals surface area contributed by atoms with Crippen LogP contribution in [0, 0.1) is 0 Å². The SMILES string of the molecule is OC[C@H]1O[C@@H](n2cnc3c(Nc4cccc5ccccc45)ncnc32)C(O)C1O. The summed E-state index contributed by atoms with van der Waals surface area (Å²) in [5, 5.41) is 35.1. The second kappa shape index (κ2) is 7.05. The third kappa shape index (κ3) is 2.91. The molecule has 9 nitrogen and oxygen atoms in total. The van der Waals surface area contributed by atoms with E-state index in [1.54, 1.807) is 0 Å². The average molecular weight is 393 g/mol. The Labute approximate surface area is 165 Å². The molecule has 4 aromatic rings. The number of ether oxygens (including phenoxy) is 1. The van der Waals surface area contributed by atoms with Crippen LogP contribution in [0.2, 0.25) is 0 Å². The van der Waals surface area contributed by atoms with Gasteiger partial charge in [0, 0.05) is 11.1 Å². The second-order valence-corrected chi connectivity index (χ2v) is 6.93. The van der Waals surface area contributed by atoms with E-state index in [1.807, 2.05) is 42.5 Å². The molecule has 2 aromatic heterocycles. The topological polar surface area (TPSA) is 126 Å². The van der Waals surface area contributed by atoms with Gasteiger partial charge in [-0.2, -0.15) is 0 Å². The van der Waals surface area contributed by atoms with Gasteiger partial charge < -0.3 is 25.4 Å². The maximum atomic E-state index is 10.3. The average Bonchev–Trinajstić information content (AvgIpc) is 3.30. The number of anilines is 2. The van der Waals surface area contributed by atoms with Crippen LogP contribution >= 0.6 is 0 Å². The third-order valence-corrected chi connectivity index (χ3v) is 5.19. The lowest BCUT2D eigenvalue weighted by Crippen LogP contribution is -2.33. The number of fused-ring (bicyclic) bond motifs is 2. The van der Waals surface area contributed by atoms with Gasteiger partial charge in [-0.25, -0.2) is 15.0 Å². The number of imidazole rings is 1. The number of aliphatic hydroxyl groups is 3. The summed E-state index contributed by atoms with van der Waals surface area (Å²) in [4.78, 5) is 13.0. The highest BCUT2D eigenvalue weighted by atomic mass is 16.6. The standard InChI is InChI=1S/C20H19N5O4/c26-8-14-16(27)17(28)20(29-14)25-10-23-15-18(21-9-22-19(15)25)24-13-7-3-5-11-4-1-2-6-12(11)13/h1-7,9-10,14,16-17,20,26-28H,8H2,(H,21,22,24)/t14-,16?,17?,20-/m1/s1. The van der Waals surface area contributed by atoms with Gasteiger partial charge >= 0.3 is 0 Å². The Hall–Kier alpha value is -3.11. The van der Waals surface area contributed by atoms with Gasteiger partial charge in [0.2, 0.25) is 0 Å². The molecule has 1 aliphatic rings. The summed E-state index contributed by atoms with van der Waals surface area (Å²) in [7, 11) is 0.